The van der Waals surface area contributed by atoms with E-state index in [0.29, 0.717) is 38.4 Å². The summed E-state index contributed by atoms with van der Waals surface area (Å²) >= 11 is 0. The zero-order chi connectivity index (χ0) is 39.4. The molecule has 0 fully saturated rings. The number of H-pyrrole nitrogens is 2. The van der Waals surface area contributed by atoms with Gasteiger partial charge in [0.05, 0.1) is 43.4 Å². The van der Waals surface area contributed by atoms with Crippen molar-refractivity contribution in [3.63, 3.8) is 0 Å². The van der Waals surface area contributed by atoms with Gasteiger partial charge in [-0.05, 0) is 71.1 Å². The van der Waals surface area contributed by atoms with Crippen molar-refractivity contribution in [2.45, 2.75) is 59.7 Å². The third kappa shape index (κ3) is 9.41. The van der Waals surface area contributed by atoms with Crippen LogP contribution in [0.2, 0.25) is 0 Å². The molecule has 11 nitrogen and oxygen atoms in total. The summed E-state index contributed by atoms with van der Waals surface area (Å²) in [5.41, 5.74) is 7.04. The number of carbonyl (C=O) groups is 3. The van der Waals surface area contributed by atoms with Gasteiger partial charge in [0.2, 0.25) is 18.2 Å². The van der Waals surface area contributed by atoms with Crippen LogP contribution in [0.5, 0.6) is 0 Å². The Bertz CT molecular complexity index is 2210. The molecule has 1 atom stereocenters. The van der Waals surface area contributed by atoms with Crippen molar-refractivity contribution >= 4 is 29.0 Å². The second-order valence-corrected chi connectivity index (χ2v) is 13.9. The molecule has 4 aromatic carbocycles. The Labute approximate surface area is 329 Å². The van der Waals surface area contributed by atoms with E-state index >= 15 is 0 Å². The highest BCUT2D eigenvalue weighted by atomic mass is 16.2. The Hall–Kier alpha value is -6.07. The van der Waals surface area contributed by atoms with Crippen molar-refractivity contribution in [2.75, 3.05) is 32.7 Å². The van der Waals surface area contributed by atoms with Gasteiger partial charge < -0.3 is 25.1 Å². The first kappa shape index (κ1) is 39.6. The fourth-order valence-electron chi connectivity index (χ4n) is 7.22. The van der Waals surface area contributed by atoms with E-state index in [2.05, 4.69) is 107 Å². The monoisotopic (exact) mass is 752 g/mol. The summed E-state index contributed by atoms with van der Waals surface area (Å²) in [6.45, 7) is 11.8. The SMILES string of the molecule is CCCN(Cc1ncc(-c2ccc3cc(-c4ccc(-c5cnc(CN(CCC)C(=O)C(c6ccccc6)N(CC)CC)[nH]5)cc4)ccc3c2)[nH]1)C(=O)CNC=O. The molecule has 3 N–H and O–H groups in total. The largest absolute Gasteiger partial charge is 0.350 e. The fraction of sp³-hybridized carbons (Fsp3) is 0.311. The molecule has 6 aromatic rings. The second kappa shape index (κ2) is 19.0. The molecule has 3 amide bonds. The topological polar surface area (TPSA) is 130 Å². The lowest BCUT2D eigenvalue weighted by Crippen LogP contribution is -2.43. The molecule has 1 unspecified atom stereocenters. The molecular formula is C45H52N8O3. The maximum atomic E-state index is 14.1. The number of nitrogens with zero attached hydrogens (tertiary/aromatic N) is 5. The lowest BCUT2D eigenvalue weighted by Gasteiger charge is -2.33. The van der Waals surface area contributed by atoms with Crippen molar-refractivity contribution in [1.29, 1.82) is 0 Å². The van der Waals surface area contributed by atoms with Gasteiger partial charge in [-0.25, -0.2) is 9.97 Å². The smallest absolute Gasteiger partial charge is 0.244 e. The Balaban J connectivity index is 1.13. The van der Waals surface area contributed by atoms with Crippen LogP contribution in [-0.2, 0) is 27.5 Å². The zero-order valence-electron chi connectivity index (χ0n) is 32.8. The minimum Gasteiger partial charge on any atom is -0.350 e. The predicted octanol–water partition coefficient (Wildman–Crippen LogP) is 7.59. The number of hydrogen-bond acceptors (Lipinski definition) is 6. The highest BCUT2D eigenvalue weighted by molar-refractivity contribution is 5.90. The van der Waals surface area contributed by atoms with E-state index < -0.39 is 0 Å². The van der Waals surface area contributed by atoms with Crippen LogP contribution < -0.4 is 5.32 Å². The summed E-state index contributed by atoms with van der Waals surface area (Å²) in [6, 6.07) is 31.0. The molecule has 290 valence electrons. The number of hydrogen-bond donors (Lipinski definition) is 3. The van der Waals surface area contributed by atoms with Gasteiger partial charge in [0.1, 0.15) is 17.7 Å². The van der Waals surface area contributed by atoms with Gasteiger partial charge in [0.25, 0.3) is 0 Å². The van der Waals surface area contributed by atoms with Crippen LogP contribution in [0.15, 0.2) is 103 Å². The van der Waals surface area contributed by atoms with Gasteiger partial charge in [-0.15, -0.1) is 0 Å². The second-order valence-electron chi connectivity index (χ2n) is 13.9. The van der Waals surface area contributed by atoms with Crippen molar-refractivity contribution in [2.24, 2.45) is 0 Å². The van der Waals surface area contributed by atoms with Crippen LogP contribution >= 0.6 is 0 Å². The maximum absolute atomic E-state index is 14.1. The van der Waals surface area contributed by atoms with Crippen molar-refractivity contribution < 1.29 is 14.4 Å². The van der Waals surface area contributed by atoms with Gasteiger partial charge >= 0.3 is 0 Å². The first-order valence-corrected chi connectivity index (χ1v) is 19.6. The first-order chi connectivity index (χ1) is 27.3. The van der Waals surface area contributed by atoms with E-state index in [-0.39, 0.29) is 24.4 Å². The Kier molecular flexibility index (Phi) is 13.4. The molecule has 11 heteroatoms. The van der Waals surface area contributed by atoms with E-state index in [1.165, 1.54) is 0 Å². The Morgan fingerprint density at radius 1 is 0.679 bits per heavy atom. The third-order valence-electron chi connectivity index (χ3n) is 10.1. The molecule has 0 bridgehead atoms. The minimum atomic E-state index is -0.340. The summed E-state index contributed by atoms with van der Waals surface area (Å²) in [7, 11) is 0. The van der Waals surface area contributed by atoms with Crippen LogP contribution in [0, 0.1) is 0 Å². The predicted molar refractivity (Wildman–Crippen MR) is 222 cm³/mol. The lowest BCUT2D eigenvalue weighted by molar-refractivity contribution is -0.138. The van der Waals surface area contributed by atoms with Crippen LogP contribution in [-0.4, -0.2) is 85.6 Å². The quantitative estimate of drug-likeness (QED) is 0.0732. The number of benzene rings is 4. The number of imidazole rings is 2. The zero-order valence-corrected chi connectivity index (χ0v) is 32.8. The molecular weight excluding hydrogens is 701 g/mol. The standard InChI is InChI=1S/C45H52N8O3/c1-5-22-52(43(55)28-46-31-54)29-41-48-27-40(50-41)38-21-20-36-24-35(18-19-37(36)25-38)32-14-16-33(17-15-32)39-26-47-42(49-39)30-53(23-6-2)45(56)44(51(7-3)8-4)34-12-10-9-11-13-34/h9-21,24-27,31,44H,5-8,22-23,28-30H2,1-4H3,(H,46,54)(H,47,49)(H,48,50). The molecule has 2 heterocycles. The number of likely N-dealkylation sites (N-methyl/N-ethyl adjacent to an activating group) is 1. The number of carbonyl (C=O) groups excluding carboxylic acids is 3. The number of amides is 3. The van der Waals surface area contributed by atoms with Crippen molar-refractivity contribution in [3.8, 4) is 33.6 Å². The van der Waals surface area contributed by atoms with Crippen LogP contribution in [0.25, 0.3) is 44.4 Å². The first-order valence-electron chi connectivity index (χ1n) is 19.6. The molecule has 0 radical (unpaired) electrons. The van der Waals surface area contributed by atoms with E-state index in [1.807, 2.05) is 48.4 Å². The summed E-state index contributed by atoms with van der Waals surface area (Å²) in [4.78, 5) is 59.2. The van der Waals surface area contributed by atoms with Gasteiger partial charge in [-0.3, -0.25) is 19.3 Å². The maximum Gasteiger partial charge on any atom is 0.244 e. The van der Waals surface area contributed by atoms with Crippen LogP contribution in [0.3, 0.4) is 0 Å². The molecule has 56 heavy (non-hydrogen) atoms. The van der Waals surface area contributed by atoms with E-state index in [4.69, 9.17) is 4.98 Å². The molecule has 6 rings (SSSR count). The summed E-state index contributed by atoms with van der Waals surface area (Å²) in [5.74, 6) is 1.40. The van der Waals surface area contributed by atoms with Gasteiger partial charge in [-0.1, -0.05) is 107 Å². The number of nitrogens with one attached hydrogen (secondary N) is 3. The Morgan fingerprint density at radius 2 is 1.21 bits per heavy atom. The number of fused-ring (bicyclic) bond motifs is 1. The molecule has 0 spiro atoms. The normalized spacial score (nSPS) is 11.8. The molecule has 0 aliphatic rings. The fourth-order valence-corrected chi connectivity index (χ4v) is 7.22. The molecule has 0 aliphatic carbocycles. The highest BCUT2D eigenvalue weighted by Gasteiger charge is 2.30. The van der Waals surface area contributed by atoms with E-state index in [0.717, 1.165) is 81.7 Å². The third-order valence-corrected chi connectivity index (χ3v) is 10.1. The average molecular weight is 753 g/mol. The summed E-state index contributed by atoms with van der Waals surface area (Å²) in [6.07, 6.45) is 5.84. The van der Waals surface area contributed by atoms with E-state index in [1.54, 1.807) is 11.1 Å². The van der Waals surface area contributed by atoms with Crippen LogP contribution in [0.4, 0.5) is 0 Å². The lowest BCUT2D eigenvalue weighted by atomic mass is 9.98. The van der Waals surface area contributed by atoms with Gasteiger partial charge in [-0.2, -0.15) is 0 Å². The summed E-state index contributed by atoms with van der Waals surface area (Å²) < 4.78 is 0. The molecule has 2 aromatic heterocycles. The van der Waals surface area contributed by atoms with E-state index in [9.17, 15) is 14.4 Å². The molecule has 0 aliphatic heterocycles. The highest BCUT2D eigenvalue weighted by Crippen LogP contribution is 2.30. The number of aromatic nitrogens is 4. The average Bonchev–Trinajstić information content (AvgIpc) is 3.91. The van der Waals surface area contributed by atoms with Gasteiger partial charge in [0, 0.05) is 18.7 Å². The summed E-state index contributed by atoms with van der Waals surface area (Å²) in [5, 5.41) is 4.68. The molecule has 0 saturated carbocycles. The number of rotatable bonds is 19. The minimum absolute atomic E-state index is 0.0322. The van der Waals surface area contributed by atoms with Crippen molar-refractivity contribution in [3.05, 3.63) is 121 Å². The Morgan fingerprint density at radius 3 is 1.82 bits per heavy atom. The number of aromatic amines is 2. The van der Waals surface area contributed by atoms with Crippen molar-refractivity contribution in [1.82, 2.24) is 40.0 Å². The molecule has 0 saturated heterocycles. The van der Waals surface area contributed by atoms with Gasteiger partial charge in [0.15, 0.2) is 0 Å². The van der Waals surface area contributed by atoms with Crippen LogP contribution in [0.1, 0.15) is 63.8 Å².